The van der Waals surface area contributed by atoms with Crippen molar-refractivity contribution in [2.45, 2.75) is 52.6 Å². The highest BCUT2D eigenvalue weighted by Crippen LogP contribution is 2.26. The summed E-state index contributed by atoms with van der Waals surface area (Å²) in [7, 11) is 0. The van der Waals surface area contributed by atoms with Gasteiger partial charge in [0.05, 0.1) is 6.61 Å². The summed E-state index contributed by atoms with van der Waals surface area (Å²) >= 11 is 0. The molecule has 1 aliphatic heterocycles. The van der Waals surface area contributed by atoms with Gasteiger partial charge in [-0.25, -0.2) is 0 Å². The highest BCUT2D eigenvalue weighted by Gasteiger charge is 2.30. The highest BCUT2D eigenvalue weighted by molar-refractivity contribution is 4.87. The first-order valence-corrected chi connectivity index (χ1v) is 7.07. The number of aliphatic hydroxyl groups is 1. The Bertz CT molecular complexity index is 210. The Balaban J connectivity index is 2.50. The first-order chi connectivity index (χ1) is 7.97. The van der Waals surface area contributed by atoms with E-state index in [-0.39, 0.29) is 18.7 Å². The van der Waals surface area contributed by atoms with E-state index in [1.807, 2.05) is 0 Å². The molecule has 3 heteroatoms. The Morgan fingerprint density at radius 2 is 1.71 bits per heavy atom. The Kier molecular flexibility index (Phi) is 5.90. The summed E-state index contributed by atoms with van der Waals surface area (Å²) in [6, 6.07) is 0.221. The molecule has 2 atom stereocenters. The zero-order chi connectivity index (χ0) is 13.0. The molecule has 1 saturated heterocycles. The second-order valence-corrected chi connectivity index (χ2v) is 6.19. The van der Waals surface area contributed by atoms with Gasteiger partial charge < -0.3 is 10.8 Å². The van der Waals surface area contributed by atoms with Crippen molar-refractivity contribution in [1.82, 2.24) is 4.90 Å². The molecule has 3 nitrogen and oxygen atoms in total. The van der Waals surface area contributed by atoms with Crippen LogP contribution >= 0.6 is 0 Å². The number of rotatable bonds is 5. The summed E-state index contributed by atoms with van der Waals surface area (Å²) in [6.45, 7) is 11.3. The van der Waals surface area contributed by atoms with E-state index in [1.54, 1.807) is 0 Å². The van der Waals surface area contributed by atoms with Crippen molar-refractivity contribution in [2.75, 3.05) is 19.7 Å². The molecule has 2 unspecified atom stereocenters. The van der Waals surface area contributed by atoms with E-state index >= 15 is 0 Å². The summed E-state index contributed by atoms with van der Waals surface area (Å²) < 4.78 is 0. The van der Waals surface area contributed by atoms with Crippen molar-refractivity contribution < 1.29 is 5.11 Å². The lowest BCUT2D eigenvalue weighted by Crippen LogP contribution is -2.54. The van der Waals surface area contributed by atoms with Gasteiger partial charge in [-0.1, -0.05) is 27.7 Å². The van der Waals surface area contributed by atoms with Gasteiger partial charge >= 0.3 is 0 Å². The summed E-state index contributed by atoms with van der Waals surface area (Å²) in [5, 5.41) is 9.55. The van der Waals surface area contributed by atoms with Crippen molar-refractivity contribution in [1.29, 1.82) is 0 Å². The van der Waals surface area contributed by atoms with Gasteiger partial charge in [0, 0.05) is 12.1 Å². The highest BCUT2D eigenvalue weighted by atomic mass is 16.3. The fourth-order valence-electron chi connectivity index (χ4n) is 2.84. The fourth-order valence-corrected chi connectivity index (χ4v) is 2.84. The second-order valence-electron chi connectivity index (χ2n) is 6.19. The minimum absolute atomic E-state index is 0.0793. The molecule has 0 spiro atoms. The van der Waals surface area contributed by atoms with Crippen LogP contribution in [0.3, 0.4) is 0 Å². The average Bonchev–Trinajstić information content (AvgIpc) is 2.30. The van der Waals surface area contributed by atoms with E-state index < -0.39 is 0 Å². The maximum Gasteiger partial charge on any atom is 0.0602 e. The maximum atomic E-state index is 9.55. The van der Waals surface area contributed by atoms with E-state index in [2.05, 4.69) is 32.6 Å². The van der Waals surface area contributed by atoms with Crippen LogP contribution in [0.4, 0.5) is 0 Å². The summed E-state index contributed by atoms with van der Waals surface area (Å²) in [4.78, 5) is 2.39. The van der Waals surface area contributed by atoms with Crippen LogP contribution in [0.2, 0.25) is 0 Å². The van der Waals surface area contributed by atoms with Crippen LogP contribution < -0.4 is 5.73 Å². The molecule has 0 aromatic rings. The zero-order valence-corrected chi connectivity index (χ0v) is 11.9. The van der Waals surface area contributed by atoms with Gasteiger partial charge in [0.25, 0.3) is 0 Å². The maximum absolute atomic E-state index is 9.55. The van der Waals surface area contributed by atoms with E-state index in [0.29, 0.717) is 5.92 Å². The molecule has 1 aliphatic rings. The normalized spacial score (nSPS) is 23.3. The Hall–Kier alpha value is -0.120. The van der Waals surface area contributed by atoms with Crippen LogP contribution in [0.5, 0.6) is 0 Å². The standard InChI is InChI=1S/C14H30N2O/c1-10(2)12-5-7-16(8-6-12)13(9-17)14(15)11(3)4/h10-14,17H,5-9,15H2,1-4H3. The minimum atomic E-state index is 0.0793. The number of nitrogens with zero attached hydrogens (tertiary/aromatic N) is 1. The van der Waals surface area contributed by atoms with Crippen LogP contribution in [0.1, 0.15) is 40.5 Å². The van der Waals surface area contributed by atoms with E-state index in [9.17, 15) is 5.11 Å². The van der Waals surface area contributed by atoms with Gasteiger partial charge in [-0.3, -0.25) is 4.90 Å². The lowest BCUT2D eigenvalue weighted by Gasteiger charge is -2.41. The molecule has 0 radical (unpaired) electrons. The third kappa shape index (κ3) is 3.94. The molecule has 1 fully saturated rings. The third-order valence-electron chi connectivity index (χ3n) is 4.39. The second kappa shape index (κ2) is 6.72. The van der Waals surface area contributed by atoms with Gasteiger partial charge in [0.15, 0.2) is 0 Å². The van der Waals surface area contributed by atoms with Gasteiger partial charge in [-0.2, -0.15) is 0 Å². The molecule has 0 saturated carbocycles. The summed E-state index contributed by atoms with van der Waals surface area (Å²) in [5.41, 5.74) is 6.19. The molecule has 0 aliphatic carbocycles. The average molecular weight is 242 g/mol. The van der Waals surface area contributed by atoms with Crippen molar-refractivity contribution in [3.05, 3.63) is 0 Å². The van der Waals surface area contributed by atoms with Crippen molar-refractivity contribution in [3.63, 3.8) is 0 Å². The minimum Gasteiger partial charge on any atom is -0.395 e. The molecule has 0 aromatic carbocycles. The molecule has 1 rings (SSSR count). The first kappa shape index (κ1) is 14.9. The van der Waals surface area contributed by atoms with E-state index in [4.69, 9.17) is 5.73 Å². The smallest absolute Gasteiger partial charge is 0.0602 e. The van der Waals surface area contributed by atoms with Gasteiger partial charge in [-0.15, -0.1) is 0 Å². The quantitative estimate of drug-likeness (QED) is 0.771. The Morgan fingerprint density at radius 3 is 2.06 bits per heavy atom. The number of nitrogens with two attached hydrogens (primary N) is 1. The van der Waals surface area contributed by atoms with Gasteiger partial charge in [0.2, 0.25) is 0 Å². The SMILES string of the molecule is CC(C)C1CCN(C(CO)C(N)C(C)C)CC1. The first-order valence-electron chi connectivity index (χ1n) is 7.07. The molecule has 17 heavy (non-hydrogen) atoms. The number of aliphatic hydroxyl groups excluding tert-OH is 1. The lowest BCUT2D eigenvalue weighted by molar-refractivity contribution is 0.0545. The van der Waals surface area contributed by atoms with Gasteiger partial charge in [0.1, 0.15) is 0 Å². The lowest BCUT2D eigenvalue weighted by atomic mass is 9.85. The molecule has 1 heterocycles. The molecule has 102 valence electrons. The van der Waals surface area contributed by atoms with Crippen molar-refractivity contribution in [3.8, 4) is 0 Å². The topological polar surface area (TPSA) is 49.5 Å². The summed E-state index contributed by atoms with van der Waals surface area (Å²) in [5.74, 6) is 2.05. The molecule has 0 amide bonds. The van der Waals surface area contributed by atoms with Crippen molar-refractivity contribution >= 4 is 0 Å². The van der Waals surface area contributed by atoms with Crippen LogP contribution in [-0.2, 0) is 0 Å². The molecule has 3 N–H and O–H groups in total. The number of likely N-dealkylation sites (tertiary alicyclic amines) is 1. The number of hydrogen-bond donors (Lipinski definition) is 2. The predicted octanol–water partition coefficient (Wildman–Crippen LogP) is 1.70. The van der Waals surface area contributed by atoms with Crippen LogP contribution in [0.15, 0.2) is 0 Å². The number of hydrogen-bond acceptors (Lipinski definition) is 3. The Morgan fingerprint density at radius 1 is 1.18 bits per heavy atom. The monoisotopic (exact) mass is 242 g/mol. The Labute approximate surface area is 106 Å². The van der Waals surface area contributed by atoms with Crippen LogP contribution in [0, 0.1) is 17.8 Å². The van der Waals surface area contributed by atoms with Crippen LogP contribution in [-0.4, -0.2) is 41.8 Å². The number of piperidine rings is 1. The molecular weight excluding hydrogens is 212 g/mol. The largest absolute Gasteiger partial charge is 0.395 e. The van der Waals surface area contributed by atoms with E-state index in [0.717, 1.165) is 24.9 Å². The molecule has 0 bridgehead atoms. The fraction of sp³-hybridized carbons (Fsp3) is 1.00. The summed E-state index contributed by atoms with van der Waals surface area (Å²) in [6.07, 6.45) is 2.50. The third-order valence-corrected chi connectivity index (χ3v) is 4.39. The molecular formula is C14H30N2O. The predicted molar refractivity (Wildman–Crippen MR) is 72.8 cm³/mol. The molecule has 0 aromatic heterocycles. The van der Waals surface area contributed by atoms with Gasteiger partial charge in [-0.05, 0) is 43.7 Å². The van der Waals surface area contributed by atoms with E-state index in [1.165, 1.54) is 12.8 Å². The zero-order valence-electron chi connectivity index (χ0n) is 11.9. The van der Waals surface area contributed by atoms with Crippen molar-refractivity contribution in [2.24, 2.45) is 23.5 Å². The van der Waals surface area contributed by atoms with Crippen LogP contribution in [0.25, 0.3) is 0 Å².